The van der Waals surface area contributed by atoms with Gasteiger partial charge in [0.25, 0.3) is 11.8 Å². The van der Waals surface area contributed by atoms with E-state index in [-0.39, 0.29) is 28.7 Å². The minimum absolute atomic E-state index is 0.0329. The molecule has 1 N–H and O–H groups in total. The molecule has 4 rings (SSSR count). The predicted molar refractivity (Wildman–Crippen MR) is 140 cm³/mol. The molecule has 3 aromatic carbocycles. The maximum Gasteiger partial charge on any atom is 0.262 e. The first-order valence-corrected chi connectivity index (χ1v) is 13.2. The fourth-order valence-corrected chi connectivity index (χ4v) is 5.09. The molecule has 9 nitrogen and oxygen atoms in total. The normalized spacial score (nSPS) is 15.0. The van der Waals surface area contributed by atoms with Crippen LogP contribution in [-0.2, 0) is 21.2 Å². The molecule has 0 radical (unpaired) electrons. The Hall–Kier alpha value is -3.89. The van der Waals surface area contributed by atoms with Crippen LogP contribution in [0.1, 0.15) is 15.9 Å². The van der Waals surface area contributed by atoms with Gasteiger partial charge in [-0.05, 0) is 42.3 Å². The summed E-state index contributed by atoms with van der Waals surface area (Å²) in [5.41, 5.74) is 1.73. The third-order valence-electron chi connectivity index (χ3n) is 6.04. The quantitative estimate of drug-likeness (QED) is 0.487. The Morgan fingerprint density at radius 2 is 1.76 bits per heavy atom. The number of sulfonamides is 1. The summed E-state index contributed by atoms with van der Waals surface area (Å²) >= 11 is 0. The van der Waals surface area contributed by atoms with E-state index in [4.69, 9.17) is 9.47 Å². The molecule has 0 bridgehead atoms. The van der Waals surface area contributed by atoms with Gasteiger partial charge >= 0.3 is 0 Å². The largest absolute Gasteiger partial charge is 0.495 e. The fraction of sp³-hybridized carbons (Fsp3) is 0.259. The van der Waals surface area contributed by atoms with Crippen LogP contribution in [0.4, 0.5) is 5.69 Å². The zero-order chi connectivity index (χ0) is 26.6. The molecule has 0 saturated heterocycles. The first-order chi connectivity index (χ1) is 17.7. The van der Waals surface area contributed by atoms with E-state index in [9.17, 15) is 18.0 Å². The second-order valence-electron chi connectivity index (χ2n) is 8.67. The highest BCUT2D eigenvalue weighted by atomic mass is 32.2. The molecule has 1 atom stereocenters. The summed E-state index contributed by atoms with van der Waals surface area (Å²) in [6, 6.07) is 21.0. The maximum absolute atomic E-state index is 13.7. The number of hydrogen-bond acceptors (Lipinski definition) is 6. The molecule has 0 unspecified atom stereocenters. The number of carbonyl (C=O) groups excluding carboxylic acids is 2. The van der Waals surface area contributed by atoms with Gasteiger partial charge in [0.1, 0.15) is 16.4 Å². The highest BCUT2D eigenvalue weighted by Crippen LogP contribution is 2.35. The van der Waals surface area contributed by atoms with Gasteiger partial charge in [-0.3, -0.25) is 9.59 Å². The number of para-hydroxylation sites is 2. The Morgan fingerprint density at radius 3 is 2.46 bits per heavy atom. The van der Waals surface area contributed by atoms with Crippen LogP contribution < -0.4 is 19.7 Å². The molecule has 1 aliphatic rings. The van der Waals surface area contributed by atoms with E-state index in [2.05, 4.69) is 5.32 Å². The summed E-state index contributed by atoms with van der Waals surface area (Å²) < 4.78 is 37.9. The van der Waals surface area contributed by atoms with Crippen molar-refractivity contribution in [2.75, 3.05) is 39.2 Å². The highest BCUT2D eigenvalue weighted by molar-refractivity contribution is 7.89. The first-order valence-electron chi connectivity index (χ1n) is 11.7. The average molecular weight is 524 g/mol. The van der Waals surface area contributed by atoms with Crippen molar-refractivity contribution in [3.8, 4) is 11.5 Å². The van der Waals surface area contributed by atoms with Crippen LogP contribution in [0, 0.1) is 0 Å². The molecule has 10 heteroatoms. The number of hydrogen-bond donors (Lipinski definition) is 1. The van der Waals surface area contributed by atoms with E-state index in [1.54, 1.807) is 24.3 Å². The van der Waals surface area contributed by atoms with Crippen LogP contribution in [0.15, 0.2) is 77.7 Å². The van der Waals surface area contributed by atoms with E-state index in [1.165, 1.54) is 44.3 Å². The summed E-state index contributed by atoms with van der Waals surface area (Å²) in [5, 5.41) is 2.88. The monoisotopic (exact) mass is 523 g/mol. The molecule has 0 aliphatic carbocycles. The lowest BCUT2D eigenvalue weighted by molar-refractivity contribution is -0.127. The summed E-state index contributed by atoms with van der Waals surface area (Å²) in [4.78, 5) is 28.0. The van der Waals surface area contributed by atoms with Gasteiger partial charge in [-0.15, -0.1) is 0 Å². The Kier molecular flexibility index (Phi) is 7.80. The molecule has 1 heterocycles. The second-order valence-corrected chi connectivity index (χ2v) is 10.8. The topological polar surface area (TPSA) is 105 Å². The number of ether oxygens (including phenoxy) is 2. The minimum Gasteiger partial charge on any atom is -0.495 e. The van der Waals surface area contributed by atoms with Crippen molar-refractivity contribution < 1.29 is 27.5 Å². The van der Waals surface area contributed by atoms with Crippen LogP contribution in [0.3, 0.4) is 0 Å². The molecule has 3 aromatic rings. The molecular formula is C27H29N3O6S. The van der Waals surface area contributed by atoms with Crippen molar-refractivity contribution >= 4 is 27.5 Å². The zero-order valence-electron chi connectivity index (χ0n) is 20.9. The van der Waals surface area contributed by atoms with Gasteiger partial charge in [-0.2, -0.15) is 0 Å². The van der Waals surface area contributed by atoms with Crippen molar-refractivity contribution in [1.29, 1.82) is 0 Å². The van der Waals surface area contributed by atoms with E-state index in [0.29, 0.717) is 24.4 Å². The average Bonchev–Trinajstić information content (AvgIpc) is 2.92. The third kappa shape index (κ3) is 5.60. The second kappa shape index (κ2) is 11.0. The molecule has 37 heavy (non-hydrogen) atoms. The van der Waals surface area contributed by atoms with E-state index >= 15 is 0 Å². The highest BCUT2D eigenvalue weighted by Gasteiger charge is 2.35. The van der Waals surface area contributed by atoms with Gasteiger partial charge < -0.3 is 19.7 Å². The van der Waals surface area contributed by atoms with Crippen molar-refractivity contribution in [3.05, 3.63) is 83.9 Å². The molecule has 0 saturated carbocycles. The number of fused-ring (bicyclic) bond motifs is 1. The third-order valence-corrected chi connectivity index (χ3v) is 7.87. The number of amides is 2. The maximum atomic E-state index is 13.7. The van der Waals surface area contributed by atoms with E-state index < -0.39 is 22.0 Å². The van der Waals surface area contributed by atoms with Gasteiger partial charge in [-0.1, -0.05) is 42.5 Å². The van der Waals surface area contributed by atoms with Crippen molar-refractivity contribution in [1.82, 2.24) is 9.62 Å². The first kappa shape index (κ1) is 26.2. The SMILES string of the molecule is COc1ccc(C(=O)N2C[C@H](C(=O)NCCc3ccccc3)Oc3ccccc32)cc1S(=O)(=O)N(C)C. The van der Waals surface area contributed by atoms with E-state index in [1.807, 2.05) is 30.3 Å². The Morgan fingerprint density at radius 1 is 1.05 bits per heavy atom. The number of anilines is 1. The number of methoxy groups -OCH3 is 1. The molecule has 2 amide bonds. The smallest absolute Gasteiger partial charge is 0.262 e. The van der Waals surface area contributed by atoms with Crippen LogP contribution in [0.5, 0.6) is 11.5 Å². The lowest BCUT2D eigenvalue weighted by Gasteiger charge is -2.34. The standard InChI is InChI=1S/C27H29N3O6S/c1-29(2)37(33,34)25-17-20(13-14-23(25)35-3)27(32)30-18-24(36-22-12-8-7-11-21(22)30)26(31)28-16-15-19-9-5-4-6-10-19/h4-14,17,24H,15-16,18H2,1-3H3,(H,28,31)/t24-/m1/s1. The van der Waals surface area contributed by atoms with Gasteiger partial charge in [0, 0.05) is 26.2 Å². The minimum atomic E-state index is -3.88. The number of benzene rings is 3. The fourth-order valence-electron chi connectivity index (χ4n) is 4.02. The number of nitrogens with zero attached hydrogens (tertiary/aromatic N) is 2. The van der Waals surface area contributed by atoms with Crippen LogP contribution in [0.25, 0.3) is 0 Å². The zero-order valence-corrected chi connectivity index (χ0v) is 21.7. The number of carbonyl (C=O) groups is 2. The van der Waals surface area contributed by atoms with Gasteiger partial charge in [-0.25, -0.2) is 12.7 Å². The van der Waals surface area contributed by atoms with Gasteiger partial charge in [0.2, 0.25) is 10.0 Å². The molecule has 194 valence electrons. The lowest BCUT2D eigenvalue weighted by Crippen LogP contribution is -2.51. The molecule has 1 aliphatic heterocycles. The summed E-state index contributed by atoms with van der Waals surface area (Å²) in [7, 11) is 0.301. The predicted octanol–water partition coefficient (Wildman–Crippen LogP) is 2.71. The molecule has 0 aromatic heterocycles. The van der Waals surface area contributed by atoms with Crippen molar-refractivity contribution in [2.45, 2.75) is 17.4 Å². The summed E-state index contributed by atoms with van der Waals surface area (Å²) in [6.07, 6.45) is -0.272. The van der Waals surface area contributed by atoms with Crippen molar-refractivity contribution in [3.63, 3.8) is 0 Å². The molecule has 0 fully saturated rings. The Bertz CT molecular complexity index is 1390. The van der Waals surface area contributed by atoms with Crippen LogP contribution in [-0.4, -0.2) is 64.9 Å². The van der Waals surface area contributed by atoms with Gasteiger partial charge in [0.05, 0.1) is 19.3 Å². The van der Waals surface area contributed by atoms with E-state index in [0.717, 1.165) is 9.87 Å². The summed E-state index contributed by atoms with van der Waals surface area (Å²) in [5.74, 6) is -0.284. The van der Waals surface area contributed by atoms with Crippen LogP contribution >= 0.6 is 0 Å². The molecular weight excluding hydrogens is 494 g/mol. The number of rotatable bonds is 8. The Balaban J connectivity index is 1.58. The lowest BCUT2D eigenvalue weighted by atomic mass is 10.1. The van der Waals surface area contributed by atoms with Crippen molar-refractivity contribution in [2.24, 2.45) is 0 Å². The molecule has 0 spiro atoms. The summed E-state index contributed by atoms with van der Waals surface area (Å²) in [6.45, 7) is 0.386. The van der Waals surface area contributed by atoms with Gasteiger partial charge in [0.15, 0.2) is 6.10 Å². The number of nitrogens with one attached hydrogen (secondary N) is 1. The Labute approximate surface area is 216 Å². The van der Waals surface area contributed by atoms with Crippen LogP contribution in [0.2, 0.25) is 0 Å².